The van der Waals surface area contributed by atoms with Gasteiger partial charge in [0.15, 0.2) is 34.5 Å². The molecule has 0 aromatic heterocycles. The van der Waals surface area contributed by atoms with Gasteiger partial charge in [-0.05, 0) is 89.5 Å². The van der Waals surface area contributed by atoms with Crippen molar-refractivity contribution in [3.63, 3.8) is 0 Å². The van der Waals surface area contributed by atoms with Crippen LogP contribution in [0.2, 0.25) is 0 Å². The van der Waals surface area contributed by atoms with Crippen molar-refractivity contribution in [1.29, 1.82) is 0 Å². The second-order valence-electron chi connectivity index (χ2n) is 11.2. The fraction of sp³-hybridized carbons (Fsp3) is 0.100. The van der Waals surface area contributed by atoms with Gasteiger partial charge in [-0.1, -0.05) is 36.4 Å². The number of anilines is 3. The highest BCUT2D eigenvalue weighted by atomic mass is 16.5. The first-order valence-electron chi connectivity index (χ1n) is 15.5. The van der Waals surface area contributed by atoms with Crippen LogP contribution in [0.1, 0.15) is 22.6 Å². The Morgan fingerprint density at radius 3 is 0.857 bits per heavy atom. The van der Waals surface area contributed by atoms with E-state index < -0.39 is 0 Å². The minimum atomic E-state index is -0.125. The third-order valence-electron chi connectivity index (χ3n) is 7.89. The van der Waals surface area contributed by atoms with Crippen molar-refractivity contribution in [3.8, 4) is 51.7 Å². The summed E-state index contributed by atoms with van der Waals surface area (Å²) in [7, 11) is 4.75. The lowest BCUT2D eigenvalue weighted by atomic mass is 9.85. The summed E-state index contributed by atoms with van der Waals surface area (Å²) in [4.78, 5) is 0. The molecule has 0 bridgehead atoms. The number of nitrogen functional groups attached to an aromatic ring is 3. The summed E-state index contributed by atoms with van der Waals surface area (Å²) in [5, 5.41) is 0. The molecule has 248 valence electrons. The molecule has 6 aromatic rings. The Hall–Kier alpha value is -6.48. The van der Waals surface area contributed by atoms with Crippen LogP contribution in [-0.2, 0) is 0 Å². The number of methoxy groups -OCH3 is 3. The van der Waals surface area contributed by atoms with E-state index in [2.05, 4.69) is 36.4 Å². The minimum absolute atomic E-state index is 0.125. The summed E-state index contributed by atoms with van der Waals surface area (Å²) < 4.78 is 34.8. The lowest BCUT2D eigenvalue weighted by molar-refractivity contribution is 0.379. The van der Waals surface area contributed by atoms with Gasteiger partial charge in [-0.2, -0.15) is 0 Å². The van der Waals surface area contributed by atoms with E-state index in [9.17, 15) is 0 Å². The highest BCUT2D eigenvalue weighted by Crippen LogP contribution is 2.39. The van der Waals surface area contributed by atoms with E-state index >= 15 is 0 Å². The first kappa shape index (κ1) is 32.5. The van der Waals surface area contributed by atoms with Crippen molar-refractivity contribution in [3.05, 3.63) is 144 Å². The number of benzene rings is 6. The van der Waals surface area contributed by atoms with Crippen LogP contribution in [-0.4, -0.2) is 21.3 Å². The summed E-state index contributed by atoms with van der Waals surface area (Å²) in [5.74, 6) is 5.24. The molecule has 0 radical (unpaired) electrons. The zero-order chi connectivity index (χ0) is 34.3. The molecular weight excluding hydrogens is 618 g/mol. The first-order valence-corrected chi connectivity index (χ1v) is 15.5. The Bertz CT molecular complexity index is 1800. The zero-order valence-corrected chi connectivity index (χ0v) is 27.4. The summed E-state index contributed by atoms with van der Waals surface area (Å²) in [6.07, 6.45) is 0. The predicted octanol–water partition coefficient (Wildman–Crippen LogP) is 9.02. The van der Waals surface area contributed by atoms with E-state index in [1.54, 1.807) is 75.9 Å². The molecule has 0 aliphatic heterocycles. The molecule has 0 spiro atoms. The molecule has 9 heteroatoms. The third-order valence-corrected chi connectivity index (χ3v) is 7.89. The van der Waals surface area contributed by atoms with Gasteiger partial charge in [0.2, 0.25) is 0 Å². The van der Waals surface area contributed by atoms with Crippen LogP contribution in [0.3, 0.4) is 0 Å². The molecular formula is C40H37N3O6. The number of ether oxygens (including phenoxy) is 6. The molecule has 0 aliphatic rings. The number of rotatable bonds is 12. The number of hydrogen-bond donors (Lipinski definition) is 3. The van der Waals surface area contributed by atoms with Gasteiger partial charge in [-0.3, -0.25) is 0 Å². The van der Waals surface area contributed by atoms with Crippen LogP contribution >= 0.6 is 0 Å². The molecule has 0 unspecified atom stereocenters. The van der Waals surface area contributed by atoms with Crippen LogP contribution in [0.15, 0.2) is 127 Å². The molecule has 49 heavy (non-hydrogen) atoms. The van der Waals surface area contributed by atoms with Crippen molar-refractivity contribution in [2.24, 2.45) is 0 Å². The van der Waals surface area contributed by atoms with Crippen LogP contribution in [0, 0.1) is 0 Å². The first-order chi connectivity index (χ1) is 23.8. The van der Waals surface area contributed by atoms with Gasteiger partial charge in [-0.15, -0.1) is 0 Å². The molecule has 9 nitrogen and oxygen atoms in total. The van der Waals surface area contributed by atoms with Crippen molar-refractivity contribution in [2.75, 3.05) is 38.5 Å². The Labute approximate surface area is 285 Å². The fourth-order valence-corrected chi connectivity index (χ4v) is 5.45. The average Bonchev–Trinajstić information content (AvgIpc) is 3.12. The van der Waals surface area contributed by atoms with Crippen molar-refractivity contribution >= 4 is 17.1 Å². The van der Waals surface area contributed by atoms with E-state index in [-0.39, 0.29) is 5.92 Å². The summed E-state index contributed by atoms with van der Waals surface area (Å²) >= 11 is 0. The summed E-state index contributed by atoms with van der Waals surface area (Å²) in [6, 6.07) is 39.8. The van der Waals surface area contributed by atoms with Gasteiger partial charge < -0.3 is 45.6 Å². The van der Waals surface area contributed by atoms with E-state index in [1.807, 2.05) is 36.4 Å². The second-order valence-corrected chi connectivity index (χ2v) is 11.2. The van der Waals surface area contributed by atoms with Gasteiger partial charge in [0.1, 0.15) is 17.2 Å². The van der Waals surface area contributed by atoms with Crippen molar-refractivity contribution < 1.29 is 28.4 Å². The molecule has 0 fully saturated rings. The van der Waals surface area contributed by atoms with E-state index in [4.69, 9.17) is 45.6 Å². The van der Waals surface area contributed by atoms with Gasteiger partial charge >= 0.3 is 0 Å². The maximum Gasteiger partial charge on any atom is 0.169 e. The topological polar surface area (TPSA) is 133 Å². The predicted molar refractivity (Wildman–Crippen MR) is 193 cm³/mol. The molecule has 6 rings (SSSR count). The molecule has 0 saturated carbocycles. The lowest BCUT2D eigenvalue weighted by Crippen LogP contribution is -2.04. The SMILES string of the molecule is COc1cc(N)ccc1Oc1ccc(C(c2ccc(Oc3ccc(N)cc3OC)cc2)c2ccc(Oc3ccc(N)cc3OC)cc2)cc1. The van der Waals surface area contributed by atoms with Crippen molar-refractivity contribution in [1.82, 2.24) is 0 Å². The third kappa shape index (κ3) is 7.58. The molecule has 0 atom stereocenters. The largest absolute Gasteiger partial charge is 0.493 e. The van der Waals surface area contributed by atoms with Crippen LogP contribution in [0.25, 0.3) is 0 Å². The van der Waals surface area contributed by atoms with E-state index in [1.165, 1.54) is 0 Å². The smallest absolute Gasteiger partial charge is 0.169 e. The Kier molecular flexibility index (Phi) is 9.62. The normalized spacial score (nSPS) is 10.8. The summed E-state index contributed by atoms with van der Waals surface area (Å²) in [6.45, 7) is 0. The van der Waals surface area contributed by atoms with E-state index in [0.717, 1.165) is 16.7 Å². The molecule has 6 N–H and O–H groups in total. The second kappa shape index (κ2) is 14.5. The number of hydrogen-bond acceptors (Lipinski definition) is 9. The Balaban J connectivity index is 1.30. The fourth-order valence-electron chi connectivity index (χ4n) is 5.45. The lowest BCUT2D eigenvalue weighted by Gasteiger charge is -2.21. The maximum absolute atomic E-state index is 6.15. The molecule has 0 saturated heterocycles. The average molecular weight is 656 g/mol. The zero-order valence-electron chi connectivity index (χ0n) is 27.4. The maximum atomic E-state index is 6.15. The molecule has 0 heterocycles. The van der Waals surface area contributed by atoms with Gasteiger partial charge in [0.05, 0.1) is 21.3 Å². The van der Waals surface area contributed by atoms with E-state index in [0.29, 0.717) is 68.8 Å². The highest BCUT2D eigenvalue weighted by Gasteiger charge is 2.19. The van der Waals surface area contributed by atoms with Crippen LogP contribution < -0.4 is 45.6 Å². The molecule has 0 amide bonds. The van der Waals surface area contributed by atoms with Gasteiger partial charge in [0, 0.05) is 41.2 Å². The standard InChI is InChI=1S/C40H37N3O6/c1-44-37-22-28(41)10-19-34(37)47-31-13-4-25(5-14-31)40(26-6-15-32(16-7-26)48-35-20-11-29(42)23-38(35)45-2)27-8-17-33(18-9-27)49-36-21-12-30(43)24-39(36)46-3/h4-24,40H,41-43H2,1-3H3. The Morgan fingerprint density at radius 1 is 0.347 bits per heavy atom. The highest BCUT2D eigenvalue weighted by molar-refractivity contribution is 5.56. The van der Waals surface area contributed by atoms with Crippen molar-refractivity contribution in [2.45, 2.75) is 5.92 Å². The van der Waals surface area contributed by atoms with Crippen LogP contribution in [0.5, 0.6) is 51.7 Å². The molecule has 6 aromatic carbocycles. The van der Waals surface area contributed by atoms with Gasteiger partial charge in [0.25, 0.3) is 0 Å². The van der Waals surface area contributed by atoms with Crippen LogP contribution in [0.4, 0.5) is 17.1 Å². The monoisotopic (exact) mass is 655 g/mol. The minimum Gasteiger partial charge on any atom is -0.493 e. The Morgan fingerprint density at radius 2 is 0.612 bits per heavy atom. The summed E-state index contributed by atoms with van der Waals surface area (Å²) in [5.41, 5.74) is 22.7. The quantitative estimate of drug-likeness (QED) is 0.0872. The van der Waals surface area contributed by atoms with Gasteiger partial charge in [-0.25, -0.2) is 0 Å². The molecule has 0 aliphatic carbocycles. The number of nitrogens with two attached hydrogens (primary N) is 3.